The molecule has 2 aromatic heterocycles. The number of carbonyl (C=O) groups is 1. The maximum absolute atomic E-state index is 12.6. The van der Waals surface area contributed by atoms with Crippen molar-refractivity contribution in [3.63, 3.8) is 0 Å². The average molecular weight is 387 g/mol. The average Bonchev–Trinajstić information content (AvgIpc) is 2.63. The molecule has 3 rings (SSSR count). The molecule has 3 heterocycles. The van der Waals surface area contributed by atoms with Gasteiger partial charge in [-0.05, 0) is 25.0 Å². The van der Waals surface area contributed by atoms with E-state index in [1.807, 2.05) is 0 Å². The van der Waals surface area contributed by atoms with Crippen molar-refractivity contribution >= 4 is 17.5 Å². The monoisotopic (exact) mass is 386 g/mol. The first-order valence-corrected chi connectivity index (χ1v) is 8.17. The first kappa shape index (κ1) is 18.4. The van der Waals surface area contributed by atoms with E-state index in [2.05, 4.69) is 15.0 Å². The molecule has 138 valence electrons. The molecule has 0 bridgehead atoms. The minimum atomic E-state index is -4.54. The van der Waals surface area contributed by atoms with Gasteiger partial charge in [0.05, 0.1) is 29.5 Å². The van der Waals surface area contributed by atoms with E-state index in [-0.39, 0.29) is 24.2 Å². The van der Waals surface area contributed by atoms with Crippen molar-refractivity contribution in [3.05, 3.63) is 47.0 Å². The molecular formula is C16H14ClF3N4O2. The van der Waals surface area contributed by atoms with Crippen LogP contribution in [0.4, 0.5) is 13.2 Å². The summed E-state index contributed by atoms with van der Waals surface area (Å²) in [6.45, 7) is 0.771. The number of likely N-dealkylation sites (tertiary alicyclic amines) is 1. The van der Waals surface area contributed by atoms with Gasteiger partial charge in [-0.1, -0.05) is 11.6 Å². The van der Waals surface area contributed by atoms with Crippen LogP contribution in [0.3, 0.4) is 0 Å². The van der Waals surface area contributed by atoms with Crippen LogP contribution < -0.4 is 4.74 Å². The quantitative estimate of drug-likeness (QED) is 0.810. The summed E-state index contributed by atoms with van der Waals surface area (Å²) in [4.78, 5) is 25.2. The number of alkyl halides is 3. The fourth-order valence-corrected chi connectivity index (χ4v) is 2.70. The van der Waals surface area contributed by atoms with Gasteiger partial charge in [0.1, 0.15) is 11.8 Å². The lowest BCUT2D eigenvalue weighted by Gasteiger charge is -2.32. The number of pyridine rings is 1. The fourth-order valence-electron chi connectivity index (χ4n) is 2.60. The van der Waals surface area contributed by atoms with Crippen molar-refractivity contribution in [1.82, 2.24) is 19.9 Å². The number of ether oxygens (including phenoxy) is 1. The van der Waals surface area contributed by atoms with Gasteiger partial charge in [0.15, 0.2) is 0 Å². The lowest BCUT2D eigenvalue weighted by molar-refractivity contribution is -0.141. The standard InChI is InChI=1S/C16H14ClF3N4O2/c17-11-7-22-15(23-8-11)26-12-2-1-5-24(9-12)14(25)10-3-4-13(21-6-10)16(18,19)20/h3-4,6-8,12H,1-2,5,9H2. The maximum atomic E-state index is 12.6. The third kappa shape index (κ3) is 4.40. The van der Waals surface area contributed by atoms with E-state index < -0.39 is 17.8 Å². The molecule has 1 amide bonds. The number of rotatable bonds is 3. The molecule has 0 radical (unpaired) electrons. The molecule has 1 unspecified atom stereocenters. The van der Waals surface area contributed by atoms with Crippen molar-refractivity contribution in [2.75, 3.05) is 13.1 Å². The zero-order valence-electron chi connectivity index (χ0n) is 13.4. The van der Waals surface area contributed by atoms with Gasteiger partial charge < -0.3 is 9.64 Å². The predicted molar refractivity (Wildman–Crippen MR) is 85.8 cm³/mol. The van der Waals surface area contributed by atoms with Crippen LogP contribution in [0.15, 0.2) is 30.7 Å². The smallest absolute Gasteiger partial charge is 0.433 e. The van der Waals surface area contributed by atoms with Crippen molar-refractivity contribution in [2.45, 2.75) is 25.1 Å². The number of hydrogen-bond donors (Lipinski definition) is 0. The normalized spacial score (nSPS) is 17.8. The summed E-state index contributed by atoms with van der Waals surface area (Å²) >= 11 is 5.72. The van der Waals surface area contributed by atoms with E-state index in [1.54, 1.807) is 0 Å². The number of nitrogens with zero attached hydrogens (tertiary/aromatic N) is 4. The van der Waals surface area contributed by atoms with Crippen LogP contribution in [0.25, 0.3) is 0 Å². The second kappa shape index (κ2) is 7.45. The van der Waals surface area contributed by atoms with Crippen molar-refractivity contribution < 1.29 is 22.7 Å². The van der Waals surface area contributed by atoms with E-state index in [1.165, 1.54) is 17.3 Å². The van der Waals surface area contributed by atoms with E-state index in [4.69, 9.17) is 16.3 Å². The molecule has 0 aromatic carbocycles. The highest BCUT2D eigenvalue weighted by Gasteiger charge is 2.33. The molecule has 0 saturated carbocycles. The van der Waals surface area contributed by atoms with Gasteiger partial charge in [-0.2, -0.15) is 13.2 Å². The van der Waals surface area contributed by atoms with Crippen LogP contribution in [0.2, 0.25) is 5.02 Å². The second-order valence-corrected chi connectivity index (χ2v) is 6.18. The molecule has 0 N–H and O–H groups in total. The van der Waals surface area contributed by atoms with Crippen LogP contribution >= 0.6 is 11.6 Å². The molecule has 1 atom stereocenters. The molecule has 1 fully saturated rings. The molecule has 0 spiro atoms. The third-order valence-corrected chi connectivity index (χ3v) is 4.03. The van der Waals surface area contributed by atoms with Crippen LogP contribution in [0.1, 0.15) is 28.9 Å². The number of halogens is 4. The Hall–Kier alpha value is -2.42. The molecule has 1 saturated heterocycles. The summed E-state index contributed by atoms with van der Waals surface area (Å²) in [5, 5.41) is 0.382. The summed E-state index contributed by atoms with van der Waals surface area (Å²) in [7, 11) is 0. The molecule has 0 aliphatic carbocycles. The topological polar surface area (TPSA) is 68.2 Å². The summed E-state index contributed by atoms with van der Waals surface area (Å²) in [6.07, 6.45) is 0.310. The summed E-state index contributed by atoms with van der Waals surface area (Å²) in [6, 6.07) is 2.09. The van der Waals surface area contributed by atoms with E-state index in [0.717, 1.165) is 18.3 Å². The minimum absolute atomic E-state index is 0.0985. The molecule has 26 heavy (non-hydrogen) atoms. The Kier molecular flexibility index (Phi) is 5.26. The van der Waals surface area contributed by atoms with E-state index in [0.29, 0.717) is 24.4 Å². The third-order valence-electron chi connectivity index (χ3n) is 3.83. The maximum Gasteiger partial charge on any atom is 0.433 e. The Labute approximate surface area is 152 Å². The minimum Gasteiger partial charge on any atom is -0.458 e. The van der Waals surface area contributed by atoms with E-state index >= 15 is 0 Å². The number of hydrogen-bond acceptors (Lipinski definition) is 5. The van der Waals surface area contributed by atoms with Gasteiger partial charge >= 0.3 is 12.2 Å². The number of amides is 1. The molecule has 2 aromatic rings. The Morgan fingerprint density at radius 2 is 1.92 bits per heavy atom. The fraction of sp³-hybridized carbons (Fsp3) is 0.375. The lowest BCUT2D eigenvalue weighted by atomic mass is 10.1. The zero-order valence-corrected chi connectivity index (χ0v) is 14.2. The zero-order chi connectivity index (χ0) is 18.7. The first-order chi connectivity index (χ1) is 12.3. The predicted octanol–water partition coefficient (Wildman–Crippen LogP) is 3.23. The van der Waals surface area contributed by atoms with Gasteiger partial charge in [0, 0.05) is 12.7 Å². The Morgan fingerprint density at radius 1 is 1.19 bits per heavy atom. The van der Waals surface area contributed by atoms with Crippen LogP contribution in [0, 0.1) is 0 Å². The Morgan fingerprint density at radius 3 is 2.54 bits per heavy atom. The summed E-state index contributed by atoms with van der Waals surface area (Å²) in [5.41, 5.74) is -0.935. The number of carbonyl (C=O) groups excluding carboxylic acids is 1. The molecule has 10 heteroatoms. The molecule has 1 aliphatic heterocycles. The van der Waals surface area contributed by atoms with Gasteiger partial charge in [-0.3, -0.25) is 9.78 Å². The first-order valence-electron chi connectivity index (χ1n) is 7.79. The highest BCUT2D eigenvalue weighted by Crippen LogP contribution is 2.27. The number of aromatic nitrogens is 3. The van der Waals surface area contributed by atoms with Gasteiger partial charge in [0.2, 0.25) is 0 Å². The molecule has 6 nitrogen and oxygen atoms in total. The lowest BCUT2D eigenvalue weighted by Crippen LogP contribution is -2.44. The van der Waals surface area contributed by atoms with Crippen molar-refractivity contribution in [1.29, 1.82) is 0 Å². The van der Waals surface area contributed by atoms with Crippen molar-refractivity contribution in [3.8, 4) is 6.01 Å². The van der Waals surface area contributed by atoms with Gasteiger partial charge in [-0.15, -0.1) is 0 Å². The van der Waals surface area contributed by atoms with Crippen LogP contribution in [-0.2, 0) is 6.18 Å². The summed E-state index contributed by atoms with van der Waals surface area (Å²) < 4.78 is 43.3. The van der Waals surface area contributed by atoms with Crippen LogP contribution in [0.5, 0.6) is 6.01 Å². The highest BCUT2D eigenvalue weighted by molar-refractivity contribution is 6.30. The second-order valence-electron chi connectivity index (χ2n) is 5.75. The number of piperidine rings is 1. The Bertz CT molecular complexity index is 769. The van der Waals surface area contributed by atoms with Gasteiger partial charge in [-0.25, -0.2) is 9.97 Å². The van der Waals surface area contributed by atoms with E-state index in [9.17, 15) is 18.0 Å². The molecule has 1 aliphatic rings. The van der Waals surface area contributed by atoms with Crippen molar-refractivity contribution in [2.24, 2.45) is 0 Å². The molecular weight excluding hydrogens is 373 g/mol. The summed E-state index contributed by atoms with van der Waals surface area (Å²) in [5.74, 6) is -0.392. The van der Waals surface area contributed by atoms with Crippen LogP contribution in [-0.4, -0.2) is 45.0 Å². The highest BCUT2D eigenvalue weighted by atomic mass is 35.5. The SMILES string of the molecule is O=C(c1ccc(C(F)(F)F)nc1)N1CCCC(Oc2ncc(Cl)cn2)C1. The Balaban J connectivity index is 1.65. The van der Waals surface area contributed by atoms with Gasteiger partial charge in [0.25, 0.3) is 5.91 Å². The largest absolute Gasteiger partial charge is 0.458 e.